The van der Waals surface area contributed by atoms with Gasteiger partial charge in [-0.25, -0.2) is 4.79 Å². The van der Waals surface area contributed by atoms with Crippen molar-refractivity contribution in [3.63, 3.8) is 0 Å². The van der Waals surface area contributed by atoms with E-state index in [2.05, 4.69) is 11.6 Å². The number of carbonyl (C=O) groups excluding carboxylic acids is 1. The number of ether oxygens (including phenoxy) is 2. The quantitative estimate of drug-likeness (QED) is 0.650. The predicted molar refractivity (Wildman–Crippen MR) is 69.6 cm³/mol. The molecule has 0 unspecified atom stereocenters. The molecule has 0 radical (unpaired) electrons. The molecule has 4 heteroatoms. The molecule has 18 heavy (non-hydrogen) atoms. The molecular weight excluding hydrogens is 230 g/mol. The second kappa shape index (κ2) is 5.40. The average molecular weight is 245 g/mol. The monoisotopic (exact) mass is 245 g/mol. The molecule has 0 saturated carbocycles. The Morgan fingerprint density at radius 1 is 1.39 bits per heavy atom. The fraction of sp³-hybridized carbons (Fsp3) is 0.214. The summed E-state index contributed by atoms with van der Waals surface area (Å²) >= 11 is 0. The van der Waals surface area contributed by atoms with Crippen molar-refractivity contribution in [3.8, 4) is 5.75 Å². The van der Waals surface area contributed by atoms with Gasteiger partial charge in [-0.3, -0.25) is 0 Å². The van der Waals surface area contributed by atoms with Gasteiger partial charge in [0, 0.05) is 17.1 Å². The Bertz CT molecular complexity index is 571. The van der Waals surface area contributed by atoms with E-state index in [0.29, 0.717) is 12.2 Å². The van der Waals surface area contributed by atoms with E-state index in [1.807, 2.05) is 30.5 Å². The molecule has 0 aliphatic carbocycles. The highest BCUT2D eigenvalue weighted by Gasteiger charge is 2.09. The Kier molecular flexibility index (Phi) is 3.67. The van der Waals surface area contributed by atoms with Crippen LogP contribution in [0.25, 0.3) is 10.9 Å². The first kappa shape index (κ1) is 12.2. The van der Waals surface area contributed by atoms with Gasteiger partial charge in [0.1, 0.15) is 12.4 Å². The molecule has 1 aromatic carbocycles. The molecule has 94 valence electrons. The van der Waals surface area contributed by atoms with E-state index in [4.69, 9.17) is 9.47 Å². The van der Waals surface area contributed by atoms with E-state index >= 15 is 0 Å². The fourth-order valence-electron chi connectivity index (χ4n) is 1.64. The number of aromatic nitrogens is 1. The number of aromatic amines is 1. The molecule has 2 rings (SSSR count). The largest absolute Gasteiger partial charge is 0.488 e. The molecular formula is C14H15NO3. The molecule has 0 aliphatic rings. The van der Waals surface area contributed by atoms with Crippen LogP contribution in [-0.2, 0) is 9.53 Å². The SMILES string of the molecule is C=C(COc1cccc2[nH]ccc12)C(=O)OCC. The smallest absolute Gasteiger partial charge is 0.336 e. The Hall–Kier alpha value is -2.23. The number of fused-ring (bicyclic) bond motifs is 1. The van der Waals surface area contributed by atoms with Gasteiger partial charge >= 0.3 is 5.97 Å². The molecule has 0 spiro atoms. The van der Waals surface area contributed by atoms with Crippen LogP contribution in [0.3, 0.4) is 0 Å². The lowest BCUT2D eigenvalue weighted by atomic mass is 10.2. The summed E-state index contributed by atoms with van der Waals surface area (Å²) < 4.78 is 10.4. The number of hydrogen-bond acceptors (Lipinski definition) is 3. The number of rotatable bonds is 5. The maximum absolute atomic E-state index is 11.4. The van der Waals surface area contributed by atoms with Crippen LogP contribution in [0.5, 0.6) is 5.75 Å². The molecule has 0 atom stereocenters. The summed E-state index contributed by atoms with van der Waals surface area (Å²) in [7, 11) is 0. The minimum absolute atomic E-state index is 0.128. The summed E-state index contributed by atoms with van der Waals surface area (Å²) in [6, 6.07) is 7.63. The number of esters is 1. The van der Waals surface area contributed by atoms with Crippen molar-refractivity contribution in [1.82, 2.24) is 4.98 Å². The Morgan fingerprint density at radius 2 is 2.22 bits per heavy atom. The average Bonchev–Trinajstić information content (AvgIpc) is 2.84. The normalized spacial score (nSPS) is 10.3. The van der Waals surface area contributed by atoms with Gasteiger partial charge < -0.3 is 14.5 Å². The van der Waals surface area contributed by atoms with E-state index in [-0.39, 0.29) is 6.61 Å². The van der Waals surface area contributed by atoms with Crippen LogP contribution in [0, 0.1) is 0 Å². The van der Waals surface area contributed by atoms with E-state index in [0.717, 1.165) is 16.7 Å². The zero-order valence-electron chi connectivity index (χ0n) is 10.2. The first-order valence-corrected chi connectivity index (χ1v) is 5.76. The third-order valence-corrected chi connectivity index (χ3v) is 2.52. The van der Waals surface area contributed by atoms with Crippen LogP contribution in [0.15, 0.2) is 42.6 Å². The third-order valence-electron chi connectivity index (χ3n) is 2.52. The van der Waals surface area contributed by atoms with Gasteiger partial charge in [-0.15, -0.1) is 0 Å². The van der Waals surface area contributed by atoms with E-state index in [1.54, 1.807) is 6.92 Å². The third kappa shape index (κ3) is 2.53. The molecule has 0 saturated heterocycles. The van der Waals surface area contributed by atoms with Gasteiger partial charge in [0.2, 0.25) is 0 Å². The van der Waals surface area contributed by atoms with E-state index in [9.17, 15) is 4.79 Å². The van der Waals surface area contributed by atoms with Gasteiger partial charge in [-0.1, -0.05) is 12.6 Å². The van der Waals surface area contributed by atoms with Crippen molar-refractivity contribution >= 4 is 16.9 Å². The number of H-pyrrole nitrogens is 1. The first-order valence-electron chi connectivity index (χ1n) is 5.76. The van der Waals surface area contributed by atoms with E-state index in [1.165, 1.54) is 0 Å². The second-order valence-corrected chi connectivity index (χ2v) is 3.81. The molecule has 0 fully saturated rings. The Labute approximate surface area is 105 Å². The zero-order valence-corrected chi connectivity index (χ0v) is 10.2. The highest BCUT2D eigenvalue weighted by molar-refractivity contribution is 5.88. The summed E-state index contributed by atoms with van der Waals surface area (Å²) in [5.74, 6) is 0.304. The van der Waals surface area contributed by atoms with Crippen molar-refractivity contribution < 1.29 is 14.3 Å². The van der Waals surface area contributed by atoms with Crippen LogP contribution < -0.4 is 4.74 Å². The number of benzene rings is 1. The lowest BCUT2D eigenvalue weighted by Crippen LogP contribution is -2.13. The van der Waals surface area contributed by atoms with Crippen molar-refractivity contribution in [1.29, 1.82) is 0 Å². The maximum atomic E-state index is 11.4. The standard InChI is InChI=1S/C14H15NO3/c1-3-17-14(16)10(2)9-18-13-6-4-5-12-11(13)7-8-15-12/h4-8,15H,2-3,9H2,1H3. The van der Waals surface area contributed by atoms with Crippen molar-refractivity contribution in [2.45, 2.75) is 6.92 Å². The summed E-state index contributed by atoms with van der Waals surface area (Å²) in [5, 5.41) is 0.981. The van der Waals surface area contributed by atoms with Crippen LogP contribution >= 0.6 is 0 Å². The van der Waals surface area contributed by atoms with Gasteiger partial charge in [-0.05, 0) is 25.1 Å². The van der Waals surface area contributed by atoms with E-state index < -0.39 is 5.97 Å². The Morgan fingerprint density at radius 3 is 3.00 bits per heavy atom. The number of nitrogens with one attached hydrogen (secondary N) is 1. The molecule has 0 bridgehead atoms. The van der Waals surface area contributed by atoms with Crippen molar-refractivity contribution in [2.75, 3.05) is 13.2 Å². The van der Waals surface area contributed by atoms with Gasteiger partial charge in [0.15, 0.2) is 0 Å². The van der Waals surface area contributed by atoms with Gasteiger partial charge in [-0.2, -0.15) is 0 Å². The summed E-state index contributed by atoms with van der Waals surface area (Å²) in [6.45, 7) is 5.87. The molecule has 1 heterocycles. The van der Waals surface area contributed by atoms with Crippen LogP contribution in [-0.4, -0.2) is 24.2 Å². The highest BCUT2D eigenvalue weighted by Crippen LogP contribution is 2.24. The summed E-state index contributed by atoms with van der Waals surface area (Å²) in [5.41, 5.74) is 1.30. The minimum atomic E-state index is -0.418. The first-order chi connectivity index (χ1) is 8.72. The van der Waals surface area contributed by atoms with Crippen molar-refractivity contribution in [2.24, 2.45) is 0 Å². The van der Waals surface area contributed by atoms with Crippen molar-refractivity contribution in [3.05, 3.63) is 42.6 Å². The Balaban J connectivity index is 2.04. The van der Waals surface area contributed by atoms with Crippen LogP contribution in [0.1, 0.15) is 6.92 Å². The van der Waals surface area contributed by atoms with Crippen LogP contribution in [0.4, 0.5) is 0 Å². The zero-order chi connectivity index (χ0) is 13.0. The maximum Gasteiger partial charge on any atom is 0.336 e. The number of hydrogen-bond donors (Lipinski definition) is 1. The fourth-order valence-corrected chi connectivity index (χ4v) is 1.64. The van der Waals surface area contributed by atoms with Gasteiger partial charge in [0.25, 0.3) is 0 Å². The summed E-state index contributed by atoms with van der Waals surface area (Å²) in [6.07, 6.45) is 1.84. The predicted octanol–water partition coefficient (Wildman–Crippen LogP) is 2.67. The molecule has 0 amide bonds. The molecule has 2 aromatic rings. The molecule has 1 aromatic heterocycles. The topological polar surface area (TPSA) is 51.3 Å². The lowest BCUT2D eigenvalue weighted by Gasteiger charge is -2.08. The van der Waals surface area contributed by atoms with Crippen LogP contribution in [0.2, 0.25) is 0 Å². The van der Waals surface area contributed by atoms with Gasteiger partial charge in [0.05, 0.1) is 12.2 Å². The molecule has 0 aliphatic heterocycles. The molecule has 1 N–H and O–H groups in total. The summed E-state index contributed by atoms with van der Waals surface area (Å²) in [4.78, 5) is 14.5. The molecule has 4 nitrogen and oxygen atoms in total. The lowest BCUT2D eigenvalue weighted by molar-refractivity contribution is -0.138. The second-order valence-electron chi connectivity index (χ2n) is 3.81. The highest BCUT2D eigenvalue weighted by atomic mass is 16.5. The number of carbonyl (C=O) groups is 1. The minimum Gasteiger partial charge on any atom is -0.488 e.